The molecule has 0 unspecified atom stereocenters. The molecule has 2 bridgehead atoms. The molecule has 2 aliphatic carbocycles. The van der Waals surface area contributed by atoms with E-state index < -0.39 is 0 Å². The summed E-state index contributed by atoms with van der Waals surface area (Å²) in [7, 11) is 0. The van der Waals surface area contributed by atoms with E-state index in [2.05, 4.69) is 11.9 Å². The molecule has 78 valence electrons. The first-order chi connectivity index (χ1) is 6.61. The summed E-state index contributed by atoms with van der Waals surface area (Å²) >= 11 is 0. The molecule has 0 heterocycles. The molecule has 0 aromatic heterocycles. The predicted molar refractivity (Wildman–Crippen MR) is 56.8 cm³/mol. The second kappa shape index (κ2) is 3.41. The Labute approximate surface area is 85.8 Å². The van der Waals surface area contributed by atoms with Crippen LogP contribution < -0.4 is 5.32 Å². The zero-order valence-electron chi connectivity index (χ0n) is 8.94. The van der Waals surface area contributed by atoms with Crippen molar-refractivity contribution in [3.63, 3.8) is 0 Å². The van der Waals surface area contributed by atoms with E-state index in [1.54, 1.807) is 6.92 Å². The molecule has 0 saturated heterocycles. The van der Waals surface area contributed by atoms with Crippen molar-refractivity contribution in [2.45, 2.75) is 39.0 Å². The molecule has 2 rings (SSSR count). The van der Waals surface area contributed by atoms with Crippen molar-refractivity contribution in [2.24, 2.45) is 11.3 Å². The Hall–Kier alpha value is -0.790. The second-order valence-corrected chi connectivity index (χ2v) is 5.11. The van der Waals surface area contributed by atoms with Crippen LogP contribution in [0.2, 0.25) is 0 Å². The van der Waals surface area contributed by atoms with Gasteiger partial charge < -0.3 is 5.32 Å². The van der Waals surface area contributed by atoms with Crippen LogP contribution in [0.4, 0.5) is 0 Å². The van der Waals surface area contributed by atoms with Crippen LogP contribution in [0, 0.1) is 11.3 Å². The topological polar surface area (TPSA) is 29.1 Å². The van der Waals surface area contributed by atoms with E-state index in [1.807, 2.05) is 0 Å². The molecule has 2 saturated carbocycles. The minimum atomic E-state index is 0.0229. The van der Waals surface area contributed by atoms with E-state index in [9.17, 15) is 4.79 Å². The van der Waals surface area contributed by atoms with Gasteiger partial charge in [0.05, 0.1) is 0 Å². The Morgan fingerprint density at radius 3 is 2.57 bits per heavy atom. The lowest BCUT2D eigenvalue weighted by atomic mass is 9.84. The van der Waals surface area contributed by atoms with Crippen LogP contribution in [0.3, 0.4) is 0 Å². The number of nitrogens with one attached hydrogen (secondary N) is 1. The molecule has 14 heavy (non-hydrogen) atoms. The molecule has 2 fully saturated rings. The molecule has 1 N–H and O–H groups in total. The highest BCUT2D eigenvalue weighted by atomic mass is 16.1. The maximum absolute atomic E-state index is 11.4. The van der Waals surface area contributed by atoms with Crippen molar-refractivity contribution < 1.29 is 4.79 Å². The molecule has 2 aliphatic rings. The van der Waals surface area contributed by atoms with Gasteiger partial charge in [-0.05, 0) is 50.4 Å². The Kier molecular flexibility index (Phi) is 2.38. The van der Waals surface area contributed by atoms with Gasteiger partial charge in [0.2, 0.25) is 5.91 Å². The Bertz CT molecular complexity index is 261. The molecule has 0 aromatic rings. The van der Waals surface area contributed by atoms with Gasteiger partial charge in [-0.3, -0.25) is 4.79 Å². The standard InChI is InChI=1S/C12H19NO/c1-9(2)11(14)13-8-12-5-3-10(7-12)4-6-12/h10H,1,3-8H2,2H3,(H,13,14). The van der Waals surface area contributed by atoms with Crippen molar-refractivity contribution in [1.29, 1.82) is 0 Å². The third-order valence-electron chi connectivity index (χ3n) is 3.90. The van der Waals surface area contributed by atoms with Gasteiger partial charge in [0.1, 0.15) is 0 Å². The average Bonchev–Trinajstić information content (AvgIpc) is 2.74. The summed E-state index contributed by atoms with van der Waals surface area (Å²) < 4.78 is 0. The molecule has 2 heteroatoms. The maximum Gasteiger partial charge on any atom is 0.246 e. The number of hydrogen-bond donors (Lipinski definition) is 1. The number of carbonyl (C=O) groups excluding carboxylic acids is 1. The first-order valence-corrected chi connectivity index (χ1v) is 5.55. The minimum absolute atomic E-state index is 0.0229. The number of hydrogen-bond acceptors (Lipinski definition) is 1. The zero-order valence-corrected chi connectivity index (χ0v) is 8.94. The number of amides is 1. The highest BCUT2D eigenvalue weighted by Crippen LogP contribution is 2.53. The Morgan fingerprint density at radius 1 is 1.50 bits per heavy atom. The molecule has 0 aliphatic heterocycles. The van der Waals surface area contributed by atoms with Gasteiger partial charge in [0.15, 0.2) is 0 Å². The highest BCUT2D eigenvalue weighted by molar-refractivity contribution is 5.92. The van der Waals surface area contributed by atoms with E-state index in [0.717, 1.165) is 12.5 Å². The smallest absolute Gasteiger partial charge is 0.246 e. The lowest BCUT2D eigenvalue weighted by Gasteiger charge is -2.26. The molecule has 0 aromatic carbocycles. The fourth-order valence-corrected chi connectivity index (χ4v) is 2.98. The first-order valence-electron chi connectivity index (χ1n) is 5.55. The normalized spacial score (nSPS) is 34.5. The van der Waals surface area contributed by atoms with Crippen molar-refractivity contribution in [3.05, 3.63) is 12.2 Å². The minimum Gasteiger partial charge on any atom is -0.352 e. The summed E-state index contributed by atoms with van der Waals surface area (Å²) in [6, 6.07) is 0. The van der Waals surface area contributed by atoms with Crippen molar-refractivity contribution >= 4 is 5.91 Å². The van der Waals surface area contributed by atoms with Gasteiger partial charge in [-0.1, -0.05) is 6.58 Å². The van der Waals surface area contributed by atoms with Gasteiger partial charge in [0.25, 0.3) is 0 Å². The van der Waals surface area contributed by atoms with E-state index >= 15 is 0 Å². The summed E-state index contributed by atoms with van der Waals surface area (Å²) in [5.41, 5.74) is 1.07. The third-order valence-corrected chi connectivity index (χ3v) is 3.90. The van der Waals surface area contributed by atoms with Gasteiger partial charge in [-0.2, -0.15) is 0 Å². The SMILES string of the molecule is C=C(C)C(=O)NCC12CCC(CC1)C2. The van der Waals surface area contributed by atoms with Crippen LogP contribution >= 0.6 is 0 Å². The quantitative estimate of drug-likeness (QED) is 0.684. The molecule has 1 amide bonds. The summed E-state index contributed by atoms with van der Waals surface area (Å²) in [5.74, 6) is 0.978. The van der Waals surface area contributed by atoms with Crippen molar-refractivity contribution in [1.82, 2.24) is 5.32 Å². The monoisotopic (exact) mass is 193 g/mol. The molecule has 2 nitrogen and oxygen atoms in total. The Morgan fingerprint density at radius 2 is 2.14 bits per heavy atom. The Balaban J connectivity index is 1.86. The van der Waals surface area contributed by atoms with Gasteiger partial charge in [0, 0.05) is 12.1 Å². The fraction of sp³-hybridized carbons (Fsp3) is 0.750. The summed E-state index contributed by atoms with van der Waals surface area (Å²) in [6.07, 6.45) is 6.72. The van der Waals surface area contributed by atoms with Crippen molar-refractivity contribution in [3.8, 4) is 0 Å². The van der Waals surface area contributed by atoms with Crippen LogP contribution in [-0.4, -0.2) is 12.5 Å². The van der Waals surface area contributed by atoms with Gasteiger partial charge >= 0.3 is 0 Å². The van der Waals surface area contributed by atoms with Gasteiger partial charge in [-0.25, -0.2) is 0 Å². The van der Waals surface area contributed by atoms with E-state index in [1.165, 1.54) is 32.1 Å². The molecular formula is C12H19NO. The van der Waals surface area contributed by atoms with E-state index in [-0.39, 0.29) is 5.91 Å². The lowest BCUT2D eigenvalue weighted by molar-refractivity contribution is -0.117. The van der Waals surface area contributed by atoms with Crippen LogP contribution in [0.5, 0.6) is 0 Å². The van der Waals surface area contributed by atoms with E-state index in [0.29, 0.717) is 11.0 Å². The largest absolute Gasteiger partial charge is 0.352 e. The fourth-order valence-electron chi connectivity index (χ4n) is 2.98. The summed E-state index contributed by atoms with van der Waals surface area (Å²) in [6.45, 7) is 6.28. The summed E-state index contributed by atoms with van der Waals surface area (Å²) in [4.78, 5) is 11.4. The molecule has 0 atom stereocenters. The van der Waals surface area contributed by atoms with Crippen LogP contribution in [0.1, 0.15) is 39.0 Å². The number of rotatable bonds is 3. The molecular weight excluding hydrogens is 174 g/mol. The second-order valence-electron chi connectivity index (χ2n) is 5.11. The third kappa shape index (κ3) is 1.70. The lowest BCUT2D eigenvalue weighted by Crippen LogP contribution is -2.35. The van der Waals surface area contributed by atoms with Crippen LogP contribution in [-0.2, 0) is 4.79 Å². The number of carbonyl (C=O) groups is 1. The van der Waals surface area contributed by atoms with Crippen LogP contribution in [0.15, 0.2) is 12.2 Å². The zero-order chi connectivity index (χ0) is 10.2. The van der Waals surface area contributed by atoms with Gasteiger partial charge in [-0.15, -0.1) is 0 Å². The first kappa shape index (κ1) is 9.75. The molecule has 0 radical (unpaired) electrons. The predicted octanol–water partition coefficient (Wildman–Crippen LogP) is 2.26. The van der Waals surface area contributed by atoms with Crippen molar-refractivity contribution in [2.75, 3.05) is 6.54 Å². The van der Waals surface area contributed by atoms with E-state index in [4.69, 9.17) is 0 Å². The highest BCUT2D eigenvalue weighted by Gasteiger charge is 2.44. The maximum atomic E-state index is 11.4. The number of fused-ring (bicyclic) bond motifs is 2. The summed E-state index contributed by atoms with van der Waals surface area (Å²) in [5, 5.41) is 3.00. The van der Waals surface area contributed by atoms with Crippen LogP contribution in [0.25, 0.3) is 0 Å². The molecule has 0 spiro atoms. The average molecular weight is 193 g/mol.